The Kier molecular flexibility index (Phi) is 5.52. The first-order valence-corrected chi connectivity index (χ1v) is 8.31. The number of para-hydroxylation sites is 1. The van der Waals surface area contributed by atoms with Crippen LogP contribution < -0.4 is 14.2 Å². The number of esters is 2. The van der Waals surface area contributed by atoms with Crippen LogP contribution in [-0.4, -0.2) is 19.0 Å². The summed E-state index contributed by atoms with van der Waals surface area (Å²) in [6.07, 6.45) is 0. The van der Waals surface area contributed by atoms with E-state index in [4.69, 9.17) is 14.2 Å². The SMILES string of the molecule is COc1ccccc1C(=O)Oc1cccc(OC(=O)c2ccc(C)cc2)c1. The third kappa shape index (κ3) is 4.52. The molecule has 0 N–H and O–H groups in total. The van der Waals surface area contributed by atoms with Crippen molar-refractivity contribution in [3.8, 4) is 17.2 Å². The lowest BCUT2D eigenvalue weighted by molar-refractivity contribution is 0.0730. The number of carbonyl (C=O) groups excluding carboxylic acids is 2. The van der Waals surface area contributed by atoms with Crippen molar-refractivity contribution in [3.63, 3.8) is 0 Å². The highest BCUT2D eigenvalue weighted by Gasteiger charge is 2.15. The molecule has 0 saturated heterocycles. The van der Waals surface area contributed by atoms with Crippen LogP contribution >= 0.6 is 0 Å². The molecule has 5 heteroatoms. The average molecular weight is 362 g/mol. The standard InChI is InChI=1S/C22H18O5/c1-15-10-12-16(13-11-15)21(23)26-17-6-5-7-18(14-17)27-22(24)19-8-3-4-9-20(19)25-2/h3-14H,1-2H3. The summed E-state index contributed by atoms with van der Waals surface area (Å²) in [7, 11) is 1.48. The Bertz CT molecular complexity index is 960. The fourth-order valence-corrected chi connectivity index (χ4v) is 2.43. The van der Waals surface area contributed by atoms with Gasteiger partial charge in [-0.1, -0.05) is 35.9 Å². The number of carbonyl (C=O) groups is 2. The first-order chi connectivity index (χ1) is 13.1. The summed E-state index contributed by atoms with van der Waals surface area (Å²) in [4.78, 5) is 24.6. The van der Waals surface area contributed by atoms with E-state index >= 15 is 0 Å². The molecule has 0 aliphatic rings. The van der Waals surface area contributed by atoms with E-state index in [1.54, 1.807) is 54.6 Å². The van der Waals surface area contributed by atoms with Crippen LogP contribution in [0.5, 0.6) is 17.2 Å². The van der Waals surface area contributed by atoms with Crippen LogP contribution in [0.3, 0.4) is 0 Å². The molecule has 0 aliphatic heterocycles. The monoisotopic (exact) mass is 362 g/mol. The minimum Gasteiger partial charge on any atom is -0.496 e. The number of rotatable bonds is 5. The zero-order valence-corrected chi connectivity index (χ0v) is 15.0. The molecule has 0 amide bonds. The van der Waals surface area contributed by atoms with Gasteiger partial charge in [0.25, 0.3) is 0 Å². The lowest BCUT2D eigenvalue weighted by Crippen LogP contribution is -2.11. The summed E-state index contributed by atoms with van der Waals surface area (Å²) in [6.45, 7) is 1.94. The van der Waals surface area contributed by atoms with Crippen LogP contribution in [-0.2, 0) is 0 Å². The van der Waals surface area contributed by atoms with Crippen LogP contribution in [0.25, 0.3) is 0 Å². The molecule has 3 aromatic carbocycles. The molecule has 0 unspecified atom stereocenters. The van der Waals surface area contributed by atoms with Crippen LogP contribution in [0.2, 0.25) is 0 Å². The number of ether oxygens (including phenoxy) is 3. The minimum absolute atomic E-state index is 0.264. The summed E-state index contributed by atoms with van der Waals surface area (Å²) in [5, 5.41) is 0. The van der Waals surface area contributed by atoms with E-state index in [9.17, 15) is 9.59 Å². The smallest absolute Gasteiger partial charge is 0.347 e. The molecule has 0 aliphatic carbocycles. The maximum absolute atomic E-state index is 12.4. The fourth-order valence-electron chi connectivity index (χ4n) is 2.43. The number of hydrogen-bond acceptors (Lipinski definition) is 5. The van der Waals surface area contributed by atoms with Gasteiger partial charge in [-0.2, -0.15) is 0 Å². The Morgan fingerprint density at radius 3 is 2.04 bits per heavy atom. The summed E-state index contributed by atoms with van der Waals surface area (Å²) in [5.41, 5.74) is 1.80. The first-order valence-electron chi connectivity index (χ1n) is 8.31. The van der Waals surface area contributed by atoms with Crippen molar-refractivity contribution >= 4 is 11.9 Å². The van der Waals surface area contributed by atoms with Crippen molar-refractivity contribution in [1.29, 1.82) is 0 Å². The molecular weight excluding hydrogens is 344 g/mol. The van der Waals surface area contributed by atoms with Crippen LogP contribution in [0.4, 0.5) is 0 Å². The largest absolute Gasteiger partial charge is 0.496 e. The van der Waals surface area contributed by atoms with Gasteiger partial charge in [0.1, 0.15) is 22.8 Å². The third-order valence-corrected chi connectivity index (χ3v) is 3.84. The van der Waals surface area contributed by atoms with Crippen molar-refractivity contribution in [2.45, 2.75) is 6.92 Å². The second-order valence-electron chi connectivity index (χ2n) is 5.82. The van der Waals surface area contributed by atoms with Gasteiger partial charge in [-0.25, -0.2) is 9.59 Å². The van der Waals surface area contributed by atoms with Crippen molar-refractivity contribution in [3.05, 3.63) is 89.5 Å². The van der Waals surface area contributed by atoms with Gasteiger partial charge in [0.2, 0.25) is 0 Å². The number of aryl methyl sites for hydroxylation is 1. The van der Waals surface area contributed by atoms with E-state index < -0.39 is 11.9 Å². The molecule has 0 bridgehead atoms. The molecule has 0 aromatic heterocycles. The van der Waals surface area contributed by atoms with Crippen LogP contribution in [0.15, 0.2) is 72.8 Å². The molecular formula is C22H18O5. The molecule has 3 rings (SSSR count). The quantitative estimate of drug-likeness (QED) is 0.496. The maximum atomic E-state index is 12.4. The summed E-state index contributed by atoms with van der Waals surface area (Å²) in [6, 6.07) is 20.2. The molecule has 0 spiro atoms. The van der Waals surface area contributed by atoms with Crippen molar-refractivity contribution in [2.75, 3.05) is 7.11 Å². The van der Waals surface area contributed by atoms with Crippen molar-refractivity contribution < 1.29 is 23.8 Å². The number of benzene rings is 3. The second kappa shape index (κ2) is 8.19. The molecule has 27 heavy (non-hydrogen) atoms. The predicted octanol–water partition coefficient (Wildman–Crippen LogP) is 4.44. The molecule has 0 saturated carbocycles. The highest BCUT2D eigenvalue weighted by atomic mass is 16.5. The molecule has 0 atom stereocenters. The van der Waals surface area contributed by atoms with E-state index in [1.165, 1.54) is 13.2 Å². The molecule has 0 fully saturated rings. The van der Waals surface area contributed by atoms with Gasteiger partial charge < -0.3 is 14.2 Å². The Morgan fingerprint density at radius 2 is 1.37 bits per heavy atom. The number of hydrogen-bond donors (Lipinski definition) is 0. The van der Waals surface area contributed by atoms with Gasteiger partial charge in [0.15, 0.2) is 0 Å². The average Bonchev–Trinajstić information content (AvgIpc) is 2.68. The maximum Gasteiger partial charge on any atom is 0.347 e. The summed E-state index contributed by atoms with van der Waals surface area (Å²) >= 11 is 0. The normalized spacial score (nSPS) is 10.1. The minimum atomic E-state index is -0.561. The summed E-state index contributed by atoms with van der Waals surface area (Å²) in [5.74, 6) is -0.0758. The summed E-state index contributed by atoms with van der Waals surface area (Å²) < 4.78 is 15.9. The zero-order chi connectivity index (χ0) is 19.2. The molecule has 0 heterocycles. The van der Waals surface area contributed by atoms with Gasteiger partial charge in [0.05, 0.1) is 12.7 Å². The lowest BCUT2D eigenvalue weighted by atomic mass is 10.1. The molecule has 0 radical (unpaired) electrons. The third-order valence-electron chi connectivity index (χ3n) is 3.84. The van der Waals surface area contributed by atoms with Crippen LogP contribution in [0.1, 0.15) is 26.3 Å². The number of methoxy groups -OCH3 is 1. The Morgan fingerprint density at radius 1 is 0.741 bits per heavy atom. The van der Waals surface area contributed by atoms with E-state index in [2.05, 4.69) is 0 Å². The van der Waals surface area contributed by atoms with Crippen LogP contribution in [0, 0.1) is 6.92 Å². The van der Waals surface area contributed by atoms with Gasteiger partial charge in [-0.15, -0.1) is 0 Å². The molecule has 5 nitrogen and oxygen atoms in total. The van der Waals surface area contributed by atoms with Crippen molar-refractivity contribution in [2.24, 2.45) is 0 Å². The van der Waals surface area contributed by atoms with Gasteiger partial charge in [0, 0.05) is 6.07 Å². The lowest BCUT2D eigenvalue weighted by Gasteiger charge is -2.09. The van der Waals surface area contributed by atoms with Gasteiger partial charge in [-0.05, 0) is 43.3 Å². The predicted molar refractivity (Wildman–Crippen MR) is 101 cm³/mol. The van der Waals surface area contributed by atoms with Gasteiger partial charge >= 0.3 is 11.9 Å². The molecule has 3 aromatic rings. The Labute approximate surface area is 157 Å². The van der Waals surface area contributed by atoms with Gasteiger partial charge in [-0.3, -0.25) is 0 Å². The topological polar surface area (TPSA) is 61.8 Å². The molecule has 136 valence electrons. The van der Waals surface area contributed by atoms with E-state index in [1.807, 2.05) is 19.1 Å². The fraction of sp³-hybridized carbons (Fsp3) is 0.0909. The highest BCUT2D eigenvalue weighted by Crippen LogP contribution is 2.24. The Balaban J connectivity index is 1.72. The van der Waals surface area contributed by atoms with E-state index in [0.717, 1.165) is 5.56 Å². The second-order valence-corrected chi connectivity index (χ2v) is 5.82. The van der Waals surface area contributed by atoms with Crippen molar-refractivity contribution in [1.82, 2.24) is 0 Å². The first kappa shape index (κ1) is 18.2. The zero-order valence-electron chi connectivity index (χ0n) is 15.0. The Hall–Kier alpha value is -3.60. The van der Waals surface area contributed by atoms with E-state index in [-0.39, 0.29) is 11.5 Å². The highest BCUT2D eigenvalue weighted by molar-refractivity contribution is 5.94. The van der Waals surface area contributed by atoms with E-state index in [0.29, 0.717) is 16.9 Å².